The fourth-order valence-electron chi connectivity index (χ4n) is 0.828. The van der Waals surface area contributed by atoms with E-state index in [4.69, 9.17) is 5.11 Å². The summed E-state index contributed by atoms with van der Waals surface area (Å²) in [6, 6.07) is 0. The van der Waals surface area contributed by atoms with E-state index in [9.17, 15) is 4.79 Å². The summed E-state index contributed by atoms with van der Waals surface area (Å²) in [7, 11) is 1.76. The molecular weight excluding hydrogens is 130 g/mol. The number of aliphatic carboxylic acids is 1. The largest absolute Gasteiger partial charge is 0.481 e. The average Bonchev–Trinajstić information content (AvgIpc) is 1.81. The van der Waals surface area contributed by atoms with Gasteiger partial charge >= 0.3 is 5.97 Å². The van der Waals surface area contributed by atoms with E-state index in [-0.39, 0.29) is 11.8 Å². The number of carboxylic acid groups (broad SMARTS) is 1. The number of carbonyl (C=O) groups is 1. The van der Waals surface area contributed by atoms with Gasteiger partial charge in [-0.25, -0.2) is 0 Å². The molecule has 0 aliphatic carbocycles. The van der Waals surface area contributed by atoms with Gasteiger partial charge < -0.3 is 10.4 Å². The highest BCUT2D eigenvalue weighted by Gasteiger charge is 2.19. The summed E-state index contributed by atoms with van der Waals surface area (Å²) in [4.78, 5) is 10.5. The molecule has 0 aromatic rings. The predicted molar refractivity (Wildman–Crippen MR) is 39.9 cm³/mol. The lowest BCUT2D eigenvalue weighted by Crippen LogP contribution is -2.29. The zero-order valence-corrected chi connectivity index (χ0v) is 6.72. The lowest BCUT2D eigenvalue weighted by atomic mass is 9.96. The van der Waals surface area contributed by atoms with Crippen molar-refractivity contribution in [2.24, 2.45) is 11.8 Å². The Hall–Kier alpha value is -0.570. The maximum absolute atomic E-state index is 10.5. The Labute approximate surface area is 61.4 Å². The molecule has 0 rings (SSSR count). The second-order valence-corrected chi connectivity index (χ2v) is 2.75. The first-order valence-electron chi connectivity index (χ1n) is 3.47. The van der Waals surface area contributed by atoms with E-state index < -0.39 is 5.97 Å². The van der Waals surface area contributed by atoms with E-state index in [1.165, 1.54) is 0 Å². The van der Waals surface area contributed by atoms with Crippen LogP contribution in [-0.4, -0.2) is 24.7 Å². The highest BCUT2D eigenvalue weighted by molar-refractivity contribution is 5.70. The zero-order chi connectivity index (χ0) is 8.15. The van der Waals surface area contributed by atoms with Gasteiger partial charge in [-0.3, -0.25) is 4.79 Å². The molecule has 0 saturated carbocycles. The standard InChI is InChI=1S/C7H15NO2/c1-5(2)6(4-8-3)7(9)10/h5-6,8H,4H2,1-3H3,(H,9,10)/t6-/m0/s1. The van der Waals surface area contributed by atoms with Crippen molar-refractivity contribution in [3.8, 4) is 0 Å². The Morgan fingerprint density at radius 3 is 2.20 bits per heavy atom. The van der Waals surface area contributed by atoms with Crippen molar-refractivity contribution < 1.29 is 9.90 Å². The number of carboxylic acids is 1. The third-order valence-electron chi connectivity index (χ3n) is 1.55. The van der Waals surface area contributed by atoms with Crippen LogP contribution in [0.4, 0.5) is 0 Å². The molecule has 3 nitrogen and oxygen atoms in total. The molecule has 2 N–H and O–H groups in total. The summed E-state index contributed by atoms with van der Waals surface area (Å²) in [5.41, 5.74) is 0. The van der Waals surface area contributed by atoms with Gasteiger partial charge in [0, 0.05) is 6.54 Å². The number of rotatable bonds is 4. The van der Waals surface area contributed by atoms with Crippen LogP contribution in [0.25, 0.3) is 0 Å². The van der Waals surface area contributed by atoms with Gasteiger partial charge in [0.15, 0.2) is 0 Å². The lowest BCUT2D eigenvalue weighted by Gasteiger charge is -2.14. The Morgan fingerprint density at radius 2 is 2.10 bits per heavy atom. The lowest BCUT2D eigenvalue weighted by molar-refractivity contribution is -0.143. The molecule has 0 fully saturated rings. The van der Waals surface area contributed by atoms with Gasteiger partial charge in [-0.05, 0) is 13.0 Å². The SMILES string of the molecule is CNC[C@H](C(=O)O)C(C)C. The van der Waals surface area contributed by atoms with E-state index in [0.717, 1.165) is 0 Å². The van der Waals surface area contributed by atoms with E-state index in [1.54, 1.807) is 7.05 Å². The zero-order valence-electron chi connectivity index (χ0n) is 6.72. The first-order chi connectivity index (χ1) is 4.59. The molecule has 0 unspecified atom stereocenters. The molecule has 0 spiro atoms. The molecule has 10 heavy (non-hydrogen) atoms. The maximum atomic E-state index is 10.5. The van der Waals surface area contributed by atoms with Gasteiger partial charge in [0.1, 0.15) is 0 Å². The van der Waals surface area contributed by atoms with Crippen molar-refractivity contribution in [1.29, 1.82) is 0 Å². The molecular formula is C7H15NO2. The summed E-state index contributed by atoms with van der Waals surface area (Å²) < 4.78 is 0. The first kappa shape index (κ1) is 9.43. The van der Waals surface area contributed by atoms with Crippen LogP contribution in [-0.2, 0) is 4.79 Å². The summed E-state index contributed by atoms with van der Waals surface area (Å²) in [5.74, 6) is -0.778. The smallest absolute Gasteiger partial charge is 0.308 e. The van der Waals surface area contributed by atoms with Crippen LogP contribution in [0.1, 0.15) is 13.8 Å². The van der Waals surface area contributed by atoms with Crippen LogP contribution >= 0.6 is 0 Å². The summed E-state index contributed by atoms with van der Waals surface area (Å²) >= 11 is 0. The van der Waals surface area contributed by atoms with Gasteiger partial charge in [-0.2, -0.15) is 0 Å². The van der Waals surface area contributed by atoms with Gasteiger partial charge in [-0.15, -0.1) is 0 Å². The van der Waals surface area contributed by atoms with Crippen LogP contribution in [0.3, 0.4) is 0 Å². The minimum atomic E-state index is -0.718. The Bertz CT molecular complexity index is 112. The van der Waals surface area contributed by atoms with Gasteiger partial charge in [0.05, 0.1) is 5.92 Å². The van der Waals surface area contributed by atoms with Gasteiger partial charge in [0.25, 0.3) is 0 Å². The highest BCUT2D eigenvalue weighted by Crippen LogP contribution is 2.08. The maximum Gasteiger partial charge on any atom is 0.308 e. The van der Waals surface area contributed by atoms with Crippen molar-refractivity contribution >= 4 is 5.97 Å². The second-order valence-electron chi connectivity index (χ2n) is 2.75. The van der Waals surface area contributed by atoms with Crippen molar-refractivity contribution in [1.82, 2.24) is 5.32 Å². The van der Waals surface area contributed by atoms with Crippen molar-refractivity contribution in [3.05, 3.63) is 0 Å². The van der Waals surface area contributed by atoms with Crippen LogP contribution < -0.4 is 5.32 Å². The molecule has 0 aromatic heterocycles. The molecule has 0 aromatic carbocycles. The Kier molecular flexibility index (Phi) is 4.03. The number of hydrogen-bond donors (Lipinski definition) is 2. The van der Waals surface area contributed by atoms with E-state index in [1.807, 2.05) is 13.8 Å². The molecule has 0 aliphatic heterocycles. The first-order valence-corrected chi connectivity index (χ1v) is 3.47. The Balaban J connectivity index is 3.85. The normalized spacial score (nSPS) is 13.6. The molecule has 0 amide bonds. The minimum Gasteiger partial charge on any atom is -0.481 e. The minimum absolute atomic E-state index is 0.199. The topological polar surface area (TPSA) is 49.3 Å². The third-order valence-corrected chi connectivity index (χ3v) is 1.55. The molecule has 60 valence electrons. The van der Waals surface area contributed by atoms with Crippen molar-refractivity contribution in [3.63, 3.8) is 0 Å². The molecule has 0 radical (unpaired) electrons. The summed E-state index contributed by atoms with van der Waals surface area (Å²) in [6.45, 7) is 4.37. The number of hydrogen-bond acceptors (Lipinski definition) is 2. The summed E-state index contributed by atoms with van der Waals surface area (Å²) in [6.07, 6.45) is 0. The van der Waals surface area contributed by atoms with Crippen LogP contribution in [0.5, 0.6) is 0 Å². The second kappa shape index (κ2) is 4.28. The van der Waals surface area contributed by atoms with Crippen molar-refractivity contribution in [2.75, 3.05) is 13.6 Å². The van der Waals surface area contributed by atoms with E-state index in [0.29, 0.717) is 6.54 Å². The molecule has 3 heteroatoms. The third kappa shape index (κ3) is 2.82. The fraction of sp³-hybridized carbons (Fsp3) is 0.857. The van der Waals surface area contributed by atoms with E-state index >= 15 is 0 Å². The van der Waals surface area contributed by atoms with E-state index in [2.05, 4.69) is 5.32 Å². The monoisotopic (exact) mass is 145 g/mol. The molecule has 1 atom stereocenters. The van der Waals surface area contributed by atoms with Gasteiger partial charge in [0.2, 0.25) is 0 Å². The quantitative estimate of drug-likeness (QED) is 0.607. The highest BCUT2D eigenvalue weighted by atomic mass is 16.4. The molecule has 0 saturated heterocycles. The average molecular weight is 145 g/mol. The molecule has 0 aliphatic rings. The van der Waals surface area contributed by atoms with Gasteiger partial charge in [-0.1, -0.05) is 13.8 Å². The van der Waals surface area contributed by atoms with Crippen molar-refractivity contribution in [2.45, 2.75) is 13.8 Å². The summed E-state index contributed by atoms with van der Waals surface area (Å²) in [5, 5.41) is 11.5. The Morgan fingerprint density at radius 1 is 1.60 bits per heavy atom. The van der Waals surface area contributed by atoms with Crippen LogP contribution in [0.2, 0.25) is 0 Å². The van der Waals surface area contributed by atoms with Crippen LogP contribution in [0, 0.1) is 11.8 Å². The molecule has 0 bridgehead atoms. The number of nitrogens with one attached hydrogen (secondary N) is 1. The van der Waals surface area contributed by atoms with Crippen LogP contribution in [0.15, 0.2) is 0 Å². The molecule has 0 heterocycles. The predicted octanol–water partition coefficient (Wildman–Crippen LogP) is 0.563. The fourth-order valence-corrected chi connectivity index (χ4v) is 0.828.